The summed E-state index contributed by atoms with van der Waals surface area (Å²) in [4.78, 5) is 24.8. The van der Waals surface area contributed by atoms with Crippen LogP contribution in [0.1, 0.15) is 31.1 Å². The van der Waals surface area contributed by atoms with Crippen LogP contribution in [0.4, 0.5) is 0 Å². The molecule has 0 spiro atoms. The minimum absolute atomic E-state index is 0.0962. The summed E-state index contributed by atoms with van der Waals surface area (Å²) in [5.74, 6) is -0.141. The number of carbonyl (C=O) groups is 1. The Kier molecular flexibility index (Phi) is 6.71. The van der Waals surface area contributed by atoms with Gasteiger partial charge >= 0.3 is 11.6 Å². The molecule has 4 aromatic rings. The van der Waals surface area contributed by atoms with E-state index in [1.54, 1.807) is 31.2 Å². The van der Waals surface area contributed by atoms with Crippen molar-refractivity contribution in [2.24, 2.45) is 0 Å². The fourth-order valence-electron chi connectivity index (χ4n) is 5.35. The van der Waals surface area contributed by atoms with Gasteiger partial charge in [0.05, 0.1) is 31.1 Å². The Hall–Kier alpha value is -4.12. The van der Waals surface area contributed by atoms with Crippen molar-refractivity contribution < 1.29 is 43.5 Å². The maximum absolute atomic E-state index is 13.3. The van der Waals surface area contributed by atoms with Gasteiger partial charge in [-0.25, -0.2) is 4.79 Å². The van der Waals surface area contributed by atoms with E-state index in [9.17, 15) is 24.9 Å². The molecule has 5 rings (SSSR count). The van der Waals surface area contributed by atoms with Crippen LogP contribution < -0.4 is 15.1 Å². The SMILES string of the molecule is C=Cc1cc(OC)c2c(c1)c(=O)oc1c2cc(OC)c2c(O)ccc([C@@H]3O[C@H](C)[C@H](OC(C)=O)[C@H](O)[C@H]3O)c21. The van der Waals surface area contributed by atoms with Gasteiger partial charge in [0, 0.05) is 23.1 Å². The number of phenolic OH excluding ortho intramolecular Hbond substituents is 1. The van der Waals surface area contributed by atoms with Crippen molar-refractivity contribution in [2.75, 3.05) is 14.2 Å². The summed E-state index contributed by atoms with van der Waals surface area (Å²) in [5.41, 5.74) is 0.407. The van der Waals surface area contributed by atoms with E-state index in [-0.39, 0.29) is 33.2 Å². The van der Waals surface area contributed by atoms with Crippen molar-refractivity contribution in [1.82, 2.24) is 0 Å². The summed E-state index contributed by atoms with van der Waals surface area (Å²) in [6, 6.07) is 7.91. The molecule has 10 heteroatoms. The van der Waals surface area contributed by atoms with Crippen LogP contribution in [0.2, 0.25) is 0 Å². The number of esters is 1. The second-order valence-corrected chi connectivity index (χ2v) is 9.44. The van der Waals surface area contributed by atoms with Crippen LogP contribution in [0, 0.1) is 0 Å². The third-order valence-electron chi connectivity index (χ3n) is 7.12. The van der Waals surface area contributed by atoms with E-state index in [1.807, 2.05) is 0 Å². The number of aromatic hydroxyl groups is 1. The topological polar surface area (TPSA) is 145 Å². The predicted molar refractivity (Wildman–Crippen MR) is 143 cm³/mol. The molecule has 204 valence electrons. The minimum Gasteiger partial charge on any atom is -0.507 e. The highest BCUT2D eigenvalue weighted by atomic mass is 16.6. The van der Waals surface area contributed by atoms with Crippen molar-refractivity contribution in [3.63, 3.8) is 0 Å². The average Bonchev–Trinajstić information content (AvgIpc) is 2.92. The molecule has 3 N–H and O–H groups in total. The molecule has 0 bridgehead atoms. The third-order valence-corrected chi connectivity index (χ3v) is 7.12. The zero-order valence-corrected chi connectivity index (χ0v) is 21.8. The molecule has 0 amide bonds. The Morgan fingerprint density at radius 3 is 2.33 bits per heavy atom. The van der Waals surface area contributed by atoms with Gasteiger partial charge < -0.3 is 38.7 Å². The lowest BCUT2D eigenvalue weighted by Crippen LogP contribution is -2.54. The lowest BCUT2D eigenvalue weighted by molar-refractivity contribution is -0.230. The van der Waals surface area contributed by atoms with E-state index in [1.165, 1.54) is 33.3 Å². The first-order chi connectivity index (χ1) is 18.6. The molecule has 39 heavy (non-hydrogen) atoms. The fourth-order valence-corrected chi connectivity index (χ4v) is 5.35. The van der Waals surface area contributed by atoms with Crippen molar-refractivity contribution in [3.05, 3.63) is 58.5 Å². The molecule has 1 aliphatic heterocycles. The van der Waals surface area contributed by atoms with E-state index in [0.717, 1.165) is 0 Å². The maximum atomic E-state index is 13.3. The van der Waals surface area contributed by atoms with Crippen molar-refractivity contribution in [2.45, 2.75) is 44.4 Å². The molecule has 0 aliphatic carbocycles. The lowest BCUT2D eigenvalue weighted by Gasteiger charge is -2.41. The summed E-state index contributed by atoms with van der Waals surface area (Å²) in [5, 5.41) is 34.5. The number of hydrogen-bond acceptors (Lipinski definition) is 10. The number of rotatable bonds is 5. The zero-order valence-electron chi connectivity index (χ0n) is 21.8. The molecule has 5 atom stereocenters. The van der Waals surface area contributed by atoms with E-state index < -0.39 is 42.1 Å². The molecular weight excluding hydrogens is 508 g/mol. The molecule has 1 fully saturated rings. The fraction of sp³-hybridized carbons (Fsp3) is 0.310. The molecule has 1 saturated heterocycles. The molecule has 1 aliphatic rings. The van der Waals surface area contributed by atoms with Gasteiger partial charge in [-0.3, -0.25) is 4.79 Å². The predicted octanol–water partition coefficient (Wildman–Crippen LogP) is 3.58. The summed E-state index contributed by atoms with van der Waals surface area (Å²) < 4.78 is 28.4. The second-order valence-electron chi connectivity index (χ2n) is 9.44. The number of hydrogen-bond donors (Lipinski definition) is 3. The standard InChI is InChI=1S/C29H28O10/c1-6-14-9-17-21(19(10-14)35-4)16-11-20(36-5)23-18(31)8-7-15(22(23)27(16)39-29(17)34)28-25(33)24(32)26(12(2)37-28)38-13(3)30/h6-12,24-26,28,31-33H,1H2,2-5H3/t12-,24-,25-,26+,28+/m1/s1. The van der Waals surface area contributed by atoms with Gasteiger partial charge in [-0.05, 0) is 42.3 Å². The molecule has 0 unspecified atom stereocenters. The van der Waals surface area contributed by atoms with Crippen LogP contribution in [0.5, 0.6) is 17.2 Å². The molecule has 2 heterocycles. The van der Waals surface area contributed by atoms with Gasteiger partial charge in [0.15, 0.2) is 6.10 Å². The van der Waals surface area contributed by atoms with Gasteiger partial charge in [0.1, 0.15) is 41.1 Å². The summed E-state index contributed by atoms with van der Waals surface area (Å²) >= 11 is 0. The zero-order chi connectivity index (χ0) is 28.2. The summed E-state index contributed by atoms with van der Waals surface area (Å²) in [7, 11) is 2.91. The molecule has 3 aromatic carbocycles. The molecular formula is C29H28O10. The number of ether oxygens (including phenoxy) is 4. The van der Waals surface area contributed by atoms with Crippen molar-refractivity contribution in [3.8, 4) is 17.2 Å². The van der Waals surface area contributed by atoms with Gasteiger partial charge in [0.2, 0.25) is 0 Å². The number of aliphatic hydroxyl groups excluding tert-OH is 2. The normalized spacial score (nSPS) is 23.2. The molecule has 10 nitrogen and oxygen atoms in total. The molecule has 1 aromatic heterocycles. The number of fused-ring (bicyclic) bond motifs is 5. The van der Waals surface area contributed by atoms with Gasteiger partial charge in [-0.1, -0.05) is 18.7 Å². The molecule has 0 radical (unpaired) electrons. The van der Waals surface area contributed by atoms with Gasteiger partial charge in [0.25, 0.3) is 0 Å². The highest BCUT2D eigenvalue weighted by molar-refractivity contribution is 6.19. The Morgan fingerprint density at radius 2 is 1.69 bits per heavy atom. The number of aliphatic hydroxyl groups is 2. The Labute approximate surface area is 222 Å². The Bertz CT molecular complexity index is 1690. The average molecular weight is 537 g/mol. The molecule has 0 saturated carbocycles. The largest absolute Gasteiger partial charge is 0.507 e. The van der Waals surface area contributed by atoms with Crippen LogP contribution >= 0.6 is 0 Å². The van der Waals surface area contributed by atoms with Crippen molar-refractivity contribution >= 4 is 44.6 Å². The van der Waals surface area contributed by atoms with E-state index in [0.29, 0.717) is 27.6 Å². The second kappa shape index (κ2) is 9.88. The van der Waals surface area contributed by atoms with Gasteiger partial charge in [-0.15, -0.1) is 0 Å². The monoisotopic (exact) mass is 536 g/mol. The smallest absolute Gasteiger partial charge is 0.344 e. The summed E-state index contributed by atoms with van der Waals surface area (Å²) in [6.07, 6.45) is -4.48. The van der Waals surface area contributed by atoms with Crippen LogP contribution in [0.3, 0.4) is 0 Å². The van der Waals surface area contributed by atoms with E-state index >= 15 is 0 Å². The van der Waals surface area contributed by atoms with Crippen LogP contribution in [-0.2, 0) is 14.3 Å². The first-order valence-electron chi connectivity index (χ1n) is 12.2. The Balaban J connectivity index is 1.87. The third kappa shape index (κ3) is 4.17. The first-order valence-corrected chi connectivity index (χ1v) is 12.2. The van der Waals surface area contributed by atoms with Crippen LogP contribution in [0.15, 0.2) is 46.1 Å². The van der Waals surface area contributed by atoms with Gasteiger partial charge in [-0.2, -0.15) is 0 Å². The number of benzene rings is 3. The van der Waals surface area contributed by atoms with Crippen LogP contribution in [-0.4, -0.2) is 59.9 Å². The minimum atomic E-state index is -1.53. The highest BCUT2D eigenvalue weighted by Crippen LogP contribution is 2.47. The van der Waals surface area contributed by atoms with E-state index in [4.69, 9.17) is 23.4 Å². The number of methoxy groups -OCH3 is 2. The summed E-state index contributed by atoms with van der Waals surface area (Å²) in [6.45, 7) is 6.57. The van der Waals surface area contributed by atoms with E-state index in [2.05, 4.69) is 6.58 Å². The lowest BCUT2D eigenvalue weighted by atomic mass is 9.87. The van der Waals surface area contributed by atoms with Crippen molar-refractivity contribution in [1.29, 1.82) is 0 Å². The Morgan fingerprint density at radius 1 is 1.00 bits per heavy atom. The number of phenols is 1. The van der Waals surface area contributed by atoms with Crippen LogP contribution in [0.25, 0.3) is 38.6 Å². The first kappa shape index (κ1) is 26.5. The quantitative estimate of drug-likeness (QED) is 0.197. The maximum Gasteiger partial charge on any atom is 0.344 e. The number of carbonyl (C=O) groups excluding carboxylic acids is 1. The highest BCUT2D eigenvalue weighted by Gasteiger charge is 2.46.